The van der Waals surface area contributed by atoms with Crippen LogP contribution >= 0.6 is 11.3 Å². The molecule has 1 heterocycles. The van der Waals surface area contributed by atoms with Crippen molar-refractivity contribution < 1.29 is 9.72 Å². The Hall–Kier alpha value is -2.48. The van der Waals surface area contributed by atoms with Gasteiger partial charge in [0, 0.05) is 6.07 Å². The number of anilines is 2. The number of hydrogen-bond donors (Lipinski definition) is 2. The van der Waals surface area contributed by atoms with Crippen molar-refractivity contribution in [1.82, 2.24) is 4.98 Å². The number of nitrogens with zero attached hydrogens (tertiary/aromatic N) is 2. The quantitative estimate of drug-likeness (QED) is 0.513. The molecule has 0 spiro atoms. The molecule has 0 radical (unpaired) electrons. The summed E-state index contributed by atoms with van der Waals surface area (Å²) in [5, 5.41) is 14.9. The summed E-state index contributed by atoms with van der Waals surface area (Å²) in [6.45, 7) is 3.48. The van der Waals surface area contributed by atoms with E-state index in [4.69, 9.17) is 5.73 Å². The number of amides is 1. The molecule has 1 amide bonds. The first-order valence-corrected chi connectivity index (χ1v) is 6.48. The van der Waals surface area contributed by atoms with Crippen molar-refractivity contribution in [3.05, 3.63) is 44.6 Å². The maximum Gasteiger partial charge on any atom is 0.293 e. The van der Waals surface area contributed by atoms with E-state index in [1.54, 1.807) is 6.92 Å². The van der Waals surface area contributed by atoms with Gasteiger partial charge in [0.25, 0.3) is 11.6 Å². The maximum atomic E-state index is 12.1. The number of benzene rings is 1. The van der Waals surface area contributed by atoms with Gasteiger partial charge in [0.2, 0.25) is 0 Å². The van der Waals surface area contributed by atoms with Gasteiger partial charge in [-0.05, 0) is 25.5 Å². The molecule has 0 fully saturated rings. The van der Waals surface area contributed by atoms with Gasteiger partial charge < -0.3 is 11.1 Å². The minimum absolute atomic E-state index is 0.0859. The zero-order valence-electron chi connectivity index (χ0n) is 10.8. The highest BCUT2D eigenvalue weighted by atomic mass is 32.1. The van der Waals surface area contributed by atoms with Crippen molar-refractivity contribution in [2.45, 2.75) is 13.8 Å². The molecule has 1 aromatic heterocycles. The largest absolute Gasteiger partial charge is 0.393 e. The van der Waals surface area contributed by atoms with E-state index in [0.29, 0.717) is 10.6 Å². The molecule has 0 bridgehead atoms. The Morgan fingerprint density at radius 1 is 1.45 bits per heavy atom. The maximum absolute atomic E-state index is 12.1. The van der Waals surface area contributed by atoms with Gasteiger partial charge in [-0.2, -0.15) is 0 Å². The van der Waals surface area contributed by atoms with Crippen LogP contribution in [0.1, 0.15) is 20.9 Å². The highest BCUT2D eigenvalue weighted by Crippen LogP contribution is 2.28. The van der Waals surface area contributed by atoms with Crippen LogP contribution in [0.15, 0.2) is 18.3 Å². The number of thiazole rings is 1. The topological polar surface area (TPSA) is 111 Å². The Morgan fingerprint density at radius 3 is 2.70 bits per heavy atom. The second-order valence-electron chi connectivity index (χ2n) is 4.20. The molecule has 0 atom stereocenters. The van der Waals surface area contributed by atoms with Crippen LogP contribution in [0, 0.1) is 24.0 Å². The third-order valence-corrected chi connectivity index (χ3v) is 3.43. The lowest BCUT2D eigenvalue weighted by molar-refractivity contribution is -0.384. The number of aryl methyl sites for hydroxylation is 2. The highest BCUT2D eigenvalue weighted by molar-refractivity contribution is 7.15. The molecule has 0 aliphatic rings. The molecule has 7 nitrogen and oxygen atoms in total. The van der Waals surface area contributed by atoms with Crippen molar-refractivity contribution in [3.8, 4) is 0 Å². The number of rotatable bonds is 3. The number of nitrogens with one attached hydrogen (secondary N) is 1. The van der Waals surface area contributed by atoms with Gasteiger partial charge in [0.15, 0.2) is 0 Å². The SMILES string of the molecule is Cc1cc(C(=O)Nc2cnc(C)s2)c(N)c([N+](=O)[O-])c1. The normalized spacial score (nSPS) is 10.3. The van der Waals surface area contributed by atoms with Gasteiger partial charge in [-0.1, -0.05) is 0 Å². The number of hydrogen-bond acceptors (Lipinski definition) is 6. The molecule has 20 heavy (non-hydrogen) atoms. The fourth-order valence-electron chi connectivity index (χ4n) is 1.72. The van der Waals surface area contributed by atoms with E-state index in [0.717, 1.165) is 5.01 Å². The lowest BCUT2D eigenvalue weighted by Crippen LogP contribution is -2.14. The number of nitro groups is 1. The minimum atomic E-state index is -0.601. The molecule has 1 aromatic carbocycles. The van der Waals surface area contributed by atoms with Crippen molar-refractivity contribution >= 4 is 33.6 Å². The fraction of sp³-hybridized carbons (Fsp3) is 0.167. The third kappa shape index (κ3) is 2.75. The van der Waals surface area contributed by atoms with E-state index in [1.807, 2.05) is 6.92 Å². The molecule has 8 heteroatoms. The van der Waals surface area contributed by atoms with Gasteiger partial charge in [0.05, 0.1) is 21.7 Å². The van der Waals surface area contributed by atoms with Crippen molar-refractivity contribution in [3.63, 3.8) is 0 Å². The van der Waals surface area contributed by atoms with Gasteiger partial charge in [-0.3, -0.25) is 14.9 Å². The monoisotopic (exact) mass is 292 g/mol. The van der Waals surface area contributed by atoms with Gasteiger partial charge in [0.1, 0.15) is 10.7 Å². The average Bonchev–Trinajstić information content (AvgIpc) is 2.76. The predicted molar refractivity (Wildman–Crippen MR) is 77.0 cm³/mol. The van der Waals surface area contributed by atoms with E-state index in [2.05, 4.69) is 10.3 Å². The van der Waals surface area contributed by atoms with Crippen LogP contribution in [0.25, 0.3) is 0 Å². The molecule has 2 aromatic rings. The first-order valence-electron chi connectivity index (χ1n) is 5.66. The predicted octanol–water partition coefficient (Wildman–Crippen LogP) is 2.50. The molecule has 0 saturated heterocycles. The second kappa shape index (κ2) is 5.25. The lowest BCUT2D eigenvalue weighted by Gasteiger charge is -2.07. The van der Waals surface area contributed by atoms with Gasteiger partial charge >= 0.3 is 0 Å². The summed E-state index contributed by atoms with van der Waals surface area (Å²) in [6, 6.07) is 2.86. The highest BCUT2D eigenvalue weighted by Gasteiger charge is 2.20. The smallest absolute Gasteiger partial charge is 0.293 e. The van der Waals surface area contributed by atoms with Crippen LogP contribution in [0.3, 0.4) is 0 Å². The Balaban J connectivity index is 2.37. The molecular formula is C12H12N4O3S. The first kappa shape index (κ1) is 13.9. The third-order valence-electron chi connectivity index (χ3n) is 2.60. The van der Waals surface area contributed by atoms with E-state index < -0.39 is 10.8 Å². The minimum Gasteiger partial charge on any atom is -0.393 e. The van der Waals surface area contributed by atoms with Gasteiger partial charge in [-0.25, -0.2) is 4.98 Å². The molecule has 0 unspecified atom stereocenters. The molecule has 104 valence electrons. The van der Waals surface area contributed by atoms with Crippen LogP contribution < -0.4 is 11.1 Å². The van der Waals surface area contributed by atoms with Crippen LogP contribution in [0.4, 0.5) is 16.4 Å². The number of aromatic nitrogens is 1. The van der Waals surface area contributed by atoms with E-state index in [9.17, 15) is 14.9 Å². The van der Waals surface area contributed by atoms with Crippen LogP contribution in [0.5, 0.6) is 0 Å². The zero-order valence-corrected chi connectivity index (χ0v) is 11.7. The summed E-state index contributed by atoms with van der Waals surface area (Å²) < 4.78 is 0. The van der Waals surface area contributed by atoms with E-state index in [1.165, 1.54) is 29.7 Å². The summed E-state index contributed by atoms with van der Waals surface area (Å²) in [7, 11) is 0. The Morgan fingerprint density at radius 2 is 2.15 bits per heavy atom. The van der Waals surface area contributed by atoms with Crippen molar-refractivity contribution in [2.24, 2.45) is 0 Å². The van der Waals surface area contributed by atoms with Crippen LogP contribution in [-0.4, -0.2) is 15.8 Å². The molecule has 0 aliphatic carbocycles. The lowest BCUT2D eigenvalue weighted by atomic mass is 10.1. The summed E-state index contributed by atoms with van der Waals surface area (Å²) in [6.07, 6.45) is 1.53. The zero-order chi connectivity index (χ0) is 14.9. The Labute approximate surface area is 118 Å². The molecule has 3 N–H and O–H groups in total. The number of nitro benzene ring substituents is 1. The Kier molecular flexibility index (Phi) is 3.66. The summed E-state index contributed by atoms with van der Waals surface area (Å²) >= 11 is 1.31. The number of nitrogens with two attached hydrogens (primary N) is 1. The molecule has 0 saturated carbocycles. The summed E-state index contributed by atoms with van der Waals surface area (Å²) in [5.74, 6) is -0.488. The number of carbonyl (C=O) groups is 1. The second-order valence-corrected chi connectivity index (χ2v) is 5.43. The van der Waals surface area contributed by atoms with Crippen molar-refractivity contribution in [1.29, 1.82) is 0 Å². The number of carbonyl (C=O) groups excluding carboxylic acids is 1. The van der Waals surface area contributed by atoms with E-state index in [-0.39, 0.29) is 16.9 Å². The average molecular weight is 292 g/mol. The van der Waals surface area contributed by atoms with Gasteiger partial charge in [-0.15, -0.1) is 11.3 Å². The fourth-order valence-corrected chi connectivity index (χ4v) is 2.39. The number of nitrogen functional groups attached to an aromatic ring is 1. The standard InChI is InChI=1S/C12H12N4O3S/c1-6-3-8(11(13)9(4-6)16(18)19)12(17)15-10-5-14-7(2)20-10/h3-5H,13H2,1-2H3,(H,15,17). The molecule has 2 rings (SSSR count). The molecule has 0 aliphatic heterocycles. The van der Waals surface area contributed by atoms with Crippen LogP contribution in [-0.2, 0) is 0 Å². The first-order chi connectivity index (χ1) is 9.38. The van der Waals surface area contributed by atoms with E-state index >= 15 is 0 Å². The van der Waals surface area contributed by atoms with Crippen LogP contribution in [0.2, 0.25) is 0 Å². The van der Waals surface area contributed by atoms with Crippen molar-refractivity contribution in [2.75, 3.05) is 11.1 Å². The summed E-state index contributed by atoms with van der Waals surface area (Å²) in [4.78, 5) is 26.4. The molecular weight excluding hydrogens is 280 g/mol. The Bertz CT molecular complexity index is 696. The summed E-state index contributed by atoms with van der Waals surface area (Å²) in [5.41, 5.74) is 5.97.